The molecular weight excluding hydrogens is 184 g/mol. The predicted molar refractivity (Wildman–Crippen MR) is 57.3 cm³/mol. The van der Waals surface area contributed by atoms with Gasteiger partial charge in [0.05, 0.1) is 0 Å². The van der Waals surface area contributed by atoms with Crippen molar-refractivity contribution in [2.45, 2.75) is 51.7 Å². The van der Waals surface area contributed by atoms with E-state index in [0.29, 0.717) is 6.42 Å². The second-order valence-electron chi connectivity index (χ2n) is 4.32. The van der Waals surface area contributed by atoms with Gasteiger partial charge in [0.2, 0.25) is 0 Å². The largest absolute Gasteiger partial charge is 0.300 e. The van der Waals surface area contributed by atoms with Gasteiger partial charge in [-0.25, -0.2) is 0 Å². The molecule has 0 aliphatic rings. The number of unbranched alkanes of at least 4 members (excludes halogenated alkanes) is 1. The maximum Gasteiger partial charge on any atom is 0.129 e. The van der Waals surface area contributed by atoms with Crippen LogP contribution < -0.4 is 0 Å². The molecule has 0 bridgehead atoms. The van der Waals surface area contributed by atoms with Gasteiger partial charge in [-0.1, -0.05) is 0 Å². The summed E-state index contributed by atoms with van der Waals surface area (Å²) in [5, 5.41) is 0. The zero-order valence-electron chi connectivity index (χ0n) is 9.05. The van der Waals surface area contributed by atoms with Crippen LogP contribution in [-0.4, -0.2) is 20.5 Å². The second-order valence-corrected chi connectivity index (χ2v) is 6.65. The van der Waals surface area contributed by atoms with Crippen LogP contribution in [0.2, 0.25) is 0 Å². The van der Waals surface area contributed by atoms with Gasteiger partial charge in [0, 0.05) is 27.7 Å². The summed E-state index contributed by atoms with van der Waals surface area (Å²) in [4.78, 5) is 10.6. The van der Waals surface area contributed by atoms with Crippen molar-refractivity contribution in [1.82, 2.24) is 0 Å². The Morgan fingerprint density at radius 1 is 1.23 bits per heavy atom. The maximum atomic E-state index is 11.5. The third kappa shape index (κ3) is 6.94. The van der Waals surface area contributed by atoms with Gasteiger partial charge in [0.1, 0.15) is 5.78 Å². The van der Waals surface area contributed by atoms with E-state index < -0.39 is 10.8 Å². The lowest BCUT2D eigenvalue weighted by Crippen LogP contribution is -2.24. The van der Waals surface area contributed by atoms with Gasteiger partial charge in [-0.15, -0.1) is 0 Å². The molecule has 0 aromatic heterocycles. The molecule has 0 amide bonds. The minimum Gasteiger partial charge on any atom is -0.300 e. The molecule has 0 fully saturated rings. The first-order valence-electron chi connectivity index (χ1n) is 4.72. The van der Waals surface area contributed by atoms with E-state index in [1.165, 1.54) is 0 Å². The Morgan fingerprint density at radius 2 is 1.77 bits per heavy atom. The lowest BCUT2D eigenvalue weighted by Gasteiger charge is -2.17. The molecule has 1 atom stereocenters. The molecule has 13 heavy (non-hydrogen) atoms. The number of ketones is 1. The lowest BCUT2D eigenvalue weighted by atomic mass is 10.2. The zero-order chi connectivity index (χ0) is 10.5. The highest BCUT2D eigenvalue weighted by atomic mass is 32.2. The molecule has 0 aromatic rings. The molecule has 0 saturated carbocycles. The van der Waals surface area contributed by atoms with E-state index >= 15 is 0 Å². The standard InChI is InChI=1S/C10H20O2S/c1-9(11)7-5-6-8-13(12)10(2,3)4/h5-8H2,1-4H3. The Kier molecular flexibility index (Phi) is 5.45. The van der Waals surface area contributed by atoms with E-state index in [9.17, 15) is 9.00 Å². The van der Waals surface area contributed by atoms with Gasteiger partial charge in [-0.2, -0.15) is 0 Å². The molecule has 78 valence electrons. The van der Waals surface area contributed by atoms with Crippen LogP contribution in [-0.2, 0) is 15.6 Å². The number of carbonyl (C=O) groups is 1. The average Bonchev–Trinajstić information content (AvgIpc) is 1.95. The molecule has 2 nitrogen and oxygen atoms in total. The molecule has 0 spiro atoms. The van der Waals surface area contributed by atoms with Crippen molar-refractivity contribution in [2.24, 2.45) is 0 Å². The number of Topliss-reactive ketones (excluding diaryl/α,β-unsaturated/α-hetero) is 1. The smallest absolute Gasteiger partial charge is 0.129 e. The summed E-state index contributed by atoms with van der Waals surface area (Å²) >= 11 is 0. The first-order valence-corrected chi connectivity index (χ1v) is 6.04. The van der Waals surface area contributed by atoms with Crippen LogP contribution >= 0.6 is 0 Å². The van der Waals surface area contributed by atoms with E-state index in [1.807, 2.05) is 20.8 Å². The molecule has 0 saturated heterocycles. The van der Waals surface area contributed by atoms with Gasteiger partial charge in [0.25, 0.3) is 0 Å². The number of hydrogen-bond donors (Lipinski definition) is 0. The Labute approximate surface area is 83.6 Å². The van der Waals surface area contributed by atoms with Crippen molar-refractivity contribution in [2.75, 3.05) is 5.75 Å². The summed E-state index contributed by atoms with van der Waals surface area (Å²) in [6.07, 6.45) is 2.39. The molecule has 0 N–H and O–H groups in total. The van der Waals surface area contributed by atoms with Crippen LogP contribution in [0.4, 0.5) is 0 Å². The van der Waals surface area contributed by atoms with Crippen molar-refractivity contribution >= 4 is 16.6 Å². The molecule has 0 radical (unpaired) electrons. The fraction of sp³-hybridized carbons (Fsp3) is 0.900. The molecular formula is C10H20O2S. The Hall–Kier alpha value is -0.180. The van der Waals surface area contributed by atoms with Gasteiger partial charge >= 0.3 is 0 Å². The van der Waals surface area contributed by atoms with Gasteiger partial charge in [0.15, 0.2) is 0 Å². The summed E-state index contributed by atoms with van der Waals surface area (Å²) in [5.74, 6) is 0.943. The summed E-state index contributed by atoms with van der Waals surface area (Å²) in [6, 6.07) is 0. The van der Waals surface area contributed by atoms with Gasteiger partial charge in [-0.3, -0.25) is 4.21 Å². The quantitative estimate of drug-likeness (QED) is 0.644. The van der Waals surface area contributed by atoms with E-state index in [4.69, 9.17) is 0 Å². The van der Waals surface area contributed by atoms with Gasteiger partial charge in [-0.05, 0) is 40.5 Å². The van der Waals surface area contributed by atoms with Crippen LogP contribution in [0.3, 0.4) is 0 Å². The number of hydrogen-bond acceptors (Lipinski definition) is 2. The first-order chi connectivity index (χ1) is 5.84. The summed E-state index contributed by atoms with van der Waals surface area (Å²) < 4.78 is 11.4. The summed E-state index contributed by atoms with van der Waals surface area (Å²) in [6.45, 7) is 7.54. The highest BCUT2D eigenvalue weighted by Crippen LogP contribution is 2.13. The van der Waals surface area contributed by atoms with E-state index in [0.717, 1.165) is 18.6 Å². The van der Waals surface area contributed by atoms with E-state index in [2.05, 4.69) is 0 Å². The topological polar surface area (TPSA) is 34.1 Å². The molecule has 0 aromatic carbocycles. The van der Waals surface area contributed by atoms with Crippen LogP contribution in [0.15, 0.2) is 0 Å². The molecule has 0 aliphatic carbocycles. The van der Waals surface area contributed by atoms with Gasteiger partial charge < -0.3 is 4.79 Å². The SMILES string of the molecule is CC(=O)CCCCS(=O)C(C)(C)C. The fourth-order valence-electron chi connectivity index (χ4n) is 0.913. The van der Waals surface area contributed by atoms with Crippen LogP contribution in [0.5, 0.6) is 0 Å². The highest BCUT2D eigenvalue weighted by molar-refractivity contribution is 7.86. The predicted octanol–water partition coefficient (Wildman–Crippen LogP) is 2.29. The second kappa shape index (κ2) is 5.53. The lowest BCUT2D eigenvalue weighted by molar-refractivity contribution is -0.117. The van der Waals surface area contributed by atoms with Crippen LogP contribution in [0, 0.1) is 0 Å². The summed E-state index contributed by atoms with van der Waals surface area (Å²) in [5.41, 5.74) is 0. The third-order valence-electron chi connectivity index (χ3n) is 1.79. The first kappa shape index (κ1) is 12.8. The highest BCUT2D eigenvalue weighted by Gasteiger charge is 2.18. The summed E-state index contributed by atoms with van der Waals surface area (Å²) in [7, 11) is -0.763. The number of rotatable bonds is 5. The molecule has 3 heteroatoms. The van der Waals surface area contributed by atoms with E-state index in [1.54, 1.807) is 6.92 Å². The average molecular weight is 204 g/mol. The monoisotopic (exact) mass is 204 g/mol. The van der Waals surface area contributed by atoms with Crippen molar-refractivity contribution in [3.05, 3.63) is 0 Å². The van der Waals surface area contributed by atoms with Crippen molar-refractivity contribution in [1.29, 1.82) is 0 Å². The maximum absolute atomic E-state index is 11.5. The molecule has 0 rings (SSSR count). The Morgan fingerprint density at radius 3 is 2.15 bits per heavy atom. The molecule has 1 unspecified atom stereocenters. The van der Waals surface area contributed by atoms with Crippen molar-refractivity contribution in [3.8, 4) is 0 Å². The van der Waals surface area contributed by atoms with Crippen molar-refractivity contribution < 1.29 is 9.00 Å². The van der Waals surface area contributed by atoms with Crippen LogP contribution in [0.25, 0.3) is 0 Å². The van der Waals surface area contributed by atoms with Crippen LogP contribution in [0.1, 0.15) is 47.0 Å². The van der Waals surface area contributed by atoms with E-state index in [-0.39, 0.29) is 10.5 Å². The minimum absolute atomic E-state index is 0.115. The van der Waals surface area contributed by atoms with Crippen molar-refractivity contribution in [3.63, 3.8) is 0 Å². The molecule has 0 aliphatic heterocycles. The fourth-order valence-corrected chi connectivity index (χ4v) is 1.99. The normalized spacial score (nSPS) is 14.2. The Bertz CT molecular complexity index is 192. The third-order valence-corrected chi connectivity index (χ3v) is 3.82. The molecule has 0 heterocycles. The number of carbonyl (C=O) groups excluding carboxylic acids is 1. The zero-order valence-corrected chi connectivity index (χ0v) is 9.87. The Balaban J connectivity index is 3.55. The minimum atomic E-state index is -0.763.